The van der Waals surface area contributed by atoms with Gasteiger partial charge >= 0.3 is 5.82 Å². The number of ether oxygens (including phenoxy) is 1. The first-order valence-electron chi connectivity index (χ1n) is 10.1. The second kappa shape index (κ2) is 8.27. The zero-order chi connectivity index (χ0) is 22.3. The molecule has 170 valence electrons. The van der Waals surface area contributed by atoms with Crippen molar-refractivity contribution in [3.63, 3.8) is 0 Å². The highest BCUT2D eigenvalue weighted by atomic mass is 32.2. The molecule has 2 fully saturated rings. The minimum atomic E-state index is -3.58. The molecule has 0 spiro atoms. The number of thiazole rings is 1. The molecule has 0 aromatic carbocycles. The number of fused-ring (bicyclic) bond motifs is 1. The molecule has 0 unspecified atom stereocenters. The summed E-state index contributed by atoms with van der Waals surface area (Å²) >= 11 is 1.36. The Balaban J connectivity index is 1.28. The third-order valence-electron chi connectivity index (χ3n) is 5.62. The number of piperazine rings is 1. The van der Waals surface area contributed by atoms with Gasteiger partial charge in [-0.2, -0.15) is 13.7 Å². The van der Waals surface area contributed by atoms with Gasteiger partial charge in [-0.05, 0) is 17.1 Å². The van der Waals surface area contributed by atoms with E-state index in [1.165, 1.54) is 26.2 Å². The molecule has 32 heavy (non-hydrogen) atoms. The average molecular weight is 480 g/mol. The van der Waals surface area contributed by atoms with E-state index >= 15 is 0 Å². The quantitative estimate of drug-likeness (QED) is 0.390. The van der Waals surface area contributed by atoms with Gasteiger partial charge in [0.25, 0.3) is 4.96 Å². The van der Waals surface area contributed by atoms with Crippen LogP contribution in [-0.2, 0) is 14.8 Å². The number of aromatic nitrogens is 3. The van der Waals surface area contributed by atoms with Gasteiger partial charge in [0, 0.05) is 50.8 Å². The van der Waals surface area contributed by atoms with Crippen molar-refractivity contribution < 1.29 is 18.1 Å². The van der Waals surface area contributed by atoms with Gasteiger partial charge in [0.2, 0.25) is 15.8 Å². The van der Waals surface area contributed by atoms with Crippen molar-refractivity contribution >= 4 is 43.8 Å². The number of sulfonamides is 1. The number of pyridine rings is 1. The lowest BCUT2D eigenvalue weighted by Crippen LogP contribution is -2.47. The highest BCUT2D eigenvalue weighted by Gasteiger charge is 2.31. The van der Waals surface area contributed by atoms with Crippen LogP contribution in [0.15, 0.2) is 34.8 Å². The lowest BCUT2D eigenvalue weighted by molar-refractivity contribution is -0.389. The molecule has 2 saturated heterocycles. The monoisotopic (exact) mass is 479 g/mol. The summed E-state index contributed by atoms with van der Waals surface area (Å²) in [5.41, 5.74) is 0. The van der Waals surface area contributed by atoms with Crippen LogP contribution in [0, 0.1) is 10.1 Å². The topological polar surface area (TPSA) is 126 Å². The first-order valence-corrected chi connectivity index (χ1v) is 12.4. The number of imidazole rings is 1. The highest BCUT2D eigenvalue weighted by molar-refractivity contribution is 7.89. The van der Waals surface area contributed by atoms with Gasteiger partial charge in [0.15, 0.2) is 0 Å². The van der Waals surface area contributed by atoms with Crippen molar-refractivity contribution in [1.29, 1.82) is 0 Å². The Morgan fingerprint density at radius 3 is 2.44 bits per heavy atom. The van der Waals surface area contributed by atoms with E-state index in [0.717, 1.165) is 0 Å². The Bertz CT molecular complexity index is 1230. The van der Waals surface area contributed by atoms with Crippen LogP contribution in [0.1, 0.15) is 0 Å². The molecule has 2 aliphatic heterocycles. The minimum absolute atomic E-state index is 0.0227. The van der Waals surface area contributed by atoms with E-state index in [-0.39, 0.29) is 10.7 Å². The number of hydrogen-bond donors (Lipinski definition) is 0. The molecule has 3 aromatic rings. The van der Waals surface area contributed by atoms with Gasteiger partial charge in [-0.25, -0.2) is 13.4 Å². The third kappa shape index (κ3) is 3.68. The van der Waals surface area contributed by atoms with Crippen molar-refractivity contribution in [2.45, 2.75) is 4.90 Å². The molecule has 5 rings (SSSR count). The van der Waals surface area contributed by atoms with Gasteiger partial charge < -0.3 is 24.7 Å². The maximum Gasteiger partial charge on any atom is 0.373 e. The number of rotatable bonds is 5. The van der Waals surface area contributed by atoms with E-state index in [9.17, 15) is 18.5 Å². The molecule has 0 bridgehead atoms. The molecule has 12 nitrogen and oxygen atoms in total. The van der Waals surface area contributed by atoms with Gasteiger partial charge in [-0.15, -0.1) is 0 Å². The van der Waals surface area contributed by atoms with Crippen molar-refractivity contribution in [2.75, 3.05) is 62.3 Å². The molecule has 5 heterocycles. The fourth-order valence-corrected chi connectivity index (χ4v) is 6.00. The second-order valence-corrected chi connectivity index (χ2v) is 10.2. The van der Waals surface area contributed by atoms with Crippen LogP contribution in [0.4, 0.5) is 17.5 Å². The summed E-state index contributed by atoms with van der Waals surface area (Å²) in [6.45, 7) is 3.72. The molecule has 0 amide bonds. The highest BCUT2D eigenvalue weighted by Crippen LogP contribution is 2.32. The number of morpholine rings is 1. The molecule has 0 saturated carbocycles. The molecule has 0 radical (unpaired) electrons. The minimum Gasteiger partial charge on any atom is -0.379 e. The lowest BCUT2D eigenvalue weighted by atomic mass is 10.3. The Labute approximate surface area is 187 Å². The molecule has 0 atom stereocenters. The van der Waals surface area contributed by atoms with E-state index in [2.05, 4.69) is 9.97 Å². The summed E-state index contributed by atoms with van der Waals surface area (Å²) in [5, 5.41) is 13.4. The van der Waals surface area contributed by atoms with E-state index < -0.39 is 14.9 Å². The zero-order valence-corrected chi connectivity index (χ0v) is 18.7. The molecule has 3 aromatic heterocycles. The van der Waals surface area contributed by atoms with Crippen LogP contribution >= 0.6 is 11.3 Å². The van der Waals surface area contributed by atoms with Crippen LogP contribution in [-0.4, -0.2) is 84.5 Å². The zero-order valence-electron chi connectivity index (χ0n) is 17.0. The maximum absolute atomic E-state index is 12.8. The van der Waals surface area contributed by atoms with Crippen LogP contribution in [0.3, 0.4) is 0 Å². The number of nitrogens with zero attached hydrogens (tertiary/aromatic N) is 7. The molecule has 0 N–H and O–H groups in total. The molecular formula is C18H21N7O5S2. The lowest BCUT2D eigenvalue weighted by Gasteiger charge is -2.35. The smallest absolute Gasteiger partial charge is 0.373 e. The Morgan fingerprint density at radius 2 is 1.78 bits per heavy atom. The van der Waals surface area contributed by atoms with Crippen molar-refractivity contribution in [3.8, 4) is 0 Å². The summed E-state index contributed by atoms with van der Waals surface area (Å²) in [7, 11) is -3.58. The Hall–Kier alpha value is -2.81. The van der Waals surface area contributed by atoms with Crippen molar-refractivity contribution in [2.24, 2.45) is 0 Å². The Kier molecular flexibility index (Phi) is 5.44. The van der Waals surface area contributed by atoms with E-state index in [0.29, 0.717) is 69.1 Å². The molecule has 14 heteroatoms. The summed E-state index contributed by atoms with van der Waals surface area (Å²) in [4.78, 5) is 24.7. The Morgan fingerprint density at radius 1 is 1.06 bits per heavy atom. The molecule has 0 aliphatic carbocycles. The van der Waals surface area contributed by atoms with Gasteiger partial charge in [0.05, 0.1) is 13.2 Å². The largest absolute Gasteiger partial charge is 0.379 e. The van der Waals surface area contributed by atoms with Crippen LogP contribution in [0.2, 0.25) is 0 Å². The fraction of sp³-hybridized carbons (Fsp3) is 0.444. The summed E-state index contributed by atoms with van der Waals surface area (Å²) in [6, 6.07) is 3.28. The normalized spacial score (nSPS) is 18.4. The fourth-order valence-electron chi connectivity index (χ4n) is 3.94. The summed E-state index contributed by atoms with van der Waals surface area (Å²) in [5.74, 6) is 1.03. The SMILES string of the molecule is O=[N+]([O-])c1c(N2CCN(c3ccc(S(=O)(=O)N4CCOCC4)cn3)CC2)nc2sccn12. The van der Waals surface area contributed by atoms with Crippen molar-refractivity contribution in [1.82, 2.24) is 18.7 Å². The van der Waals surface area contributed by atoms with E-state index in [1.807, 2.05) is 9.80 Å². The predicted molar refractivity (Wildman–Crippen MR) is 118 cm³/mol. The standard InChI is InChI=1S/C18H21N7O5S2/c26-25(27)17-16(20-18-24(17)9-12-31-18)22-5-3-21(4-6-22)15-2-1-14(13-19-15)32(28,29)23-7-10-30-11-8-23/h1-2,9,12-13H,3-8,10-11H2. The number of nitro groups is 1. The van der Waals surface area contributed by atoms with E-state index in [4.69, 9.17) is 4.74 Å². The predicted octanol–water partition coefficient (Wildman–Crippen LogP) is 1.05. The van der Waals surface area contributed by atoms with Crippen LogP contribution < -0.4 is 9.80 Å². The van der Waals surface area contributed by atoms with Crippen LogP contribution in [0.5, 0.6) is 0 Å². The third-order valence-corrected chi connectivity index (χ3v) is 8.26. The summed E-state index contributed by atoms with van der Waals surface area (Å²) < 4.78 is 33.7. The molecular weight excluding hydrogens is 458 g/mol. The maximum atomic E-state index is 12.8. The van der Waals surface area contributed by atoms with Crippen molar-refractivity contribution in [3.05, 3.63) is 40.0 Å². The van der Waals surface area contributed by atoms with Gasteiger partial charge in [0.1, 0.15) is 16.9 Å². The molecule has 2 aliphatic rings. The van der Waals surface area contributed by atoms with Gasteiger partial charge in [-0.1, -0.05) is 11.3 Å². The summed E-state index contributed by atoms with van der Waals surface area (Å²) in [6.07, 6.45) is 3.04. The first kappa shape index (κ1) is 21.1. The van der Waals surface area contributed by atoms with E-state index in [1.54, 1.807) is 23.7 Å². The number of anilines is 2. The first-order chi connectivity index (χ1) is 15.4. The number of hydrogen-bond acceptors (Lipinski definition) is 10. The van der Waals surface area contributed by atoms with Crippen LogP contribution in [0.25, 0.3) is 4.96 Å². The van der Waals surface area contributed by atoms with Gasteiger partial charge in [-0.3, -0.25) is 0 Å². The average Bonchev–Trinajstić information content (AvgIpc) is 3.41. The second-order valence-electron chi connectivity index (χ2n) is 7.41.